The molecule has 104 valence electrons. The summed E-state index contributed by atoms with van der Waals surface area (Å²) >= 11 is 3.45. The van der Waals surface area contributed by atoms with Crippen molar-refractivity contribution >= 4 is 15.9 Å². The molecule has 0 saturated heterocycles. The van der Waals surface area contributed by atoms with Crippen LogP contribution in [0.1, 0.15) is 11.6 Å². The SMILES string of the molecule is C=CC(c1ccc(Br)cc1)n1ccc2cc(=O)ccc-2c1. The number of fused-ring (bicyclic) bond motifs is 1. The molecule has 0 bridgehead atoms. The minimum absolute atomic E-state index is 0.0356. The lowest BCUT2D eigenvalue weighted by atomic mass is 10.0. The van der Waals surface area contributed by atoms with Gasteiger partial charge in [-0.2, -0.15) is 0 Å². The van der Waals surface area contributed by atoms with Gasteiger partial charge in [-0.05, 0) is 53.1 Å². The third-order valence-electron chi connectivity index (χ3n) is 3.53. The first-order valence-corrected chi connectivity index (χ1v) is 7.46. The van der Waals surface area contributed by atoms with Crippen molar-refractivity contribution in [1.82, 2.24) is 4.57 Å². The number of hydrogen-bond acceptors (Lipinski definition) is 1. The van der Waals surface area contributed by atoms with Crippen LogP contribution in [0, 0.1) is 0 Å². The van der Waals surface area contributed by atoms with E-state index >= 15 is 0 Å². The maximum atomic E-state index is 11.4. The number of hydrogen-bond donors (Lipinski definition) is 0. The van der Waals surface area contributed by atoms with Gasteiger partial charge in [0.1, 0.15) is 0 Å². The first-order chi connectivity index (χ1) is 10.2. The van der Waals surface area contributed by atoms with E-state index in [1.165, 1.54) is 0 Å². The van der Waals surface area contributed by atoms with Crippen LogP contribution in [-0.2, 0) is 0 Å². The zero-order valence-electron chi connectivity index (χ0n) is 11.4. The first kappa shape index (κ1) is 13.8. The standard InChI is InChI=1S/C18H14BrNO/c1-2-18(13-3-6-16(19)7-4-13)20-10-9-14-11-17(21)8-5-15(14)12-20/h2-12,18H,1H2. The Balaban J connectivity index is 2.07. The number of benzene rings is 2. The summed E-state index contributed by atoms with van der Waals surface area (Å²) in [4.78, 5) is 11.4. The Labute approximate surface area is 131 Å². The number of rotatable bonds is 3. The van der Waals surface area contributed by atoms with Crippen LogP contribution in [-0.4, -0.2) is 4.57 Å². The second kappa shape index (κ2) is 5.70. The normalized spacial score (nSPS) is 12.2. The van der Waals surface area contributed by atoms with Crippen molar-refractivity contribution in [3.63, 3.8) is 0 Å². The quantitative estimate of drug-likeness (QED) is 0.644. The van der Waals surface area contributed by atoms with E-state index < -0.39 is 0 Å². The zero-order valence-corrected chi connectivity index (χ0v) is 13.0. The van der Waals surface area contributed by atoms with Crippen molar-refractivity contribution in [2.45, 2.75) is 6.04 Å². The Morgan fingerprint density at radius 2 is 1.81 bits per heavy atom. The van der Waals surface area contributed by atoms with Gasteiger partial charge in [0.15, 0.2) is 5.43 Å². The van der Waals surface area contributed by atoms with Crippen molar-refractivity contribution in [3.05, 3.63) is 93.8 Å². The summed E-state index contributed by atoms with van der Waals surface area (Å²) in [6.45, 7) is 3.95. The minimum atomic E-state index is 0.0356. The molecule has 3 rings (SSSR count). The fourth-order valence-electron chi connectivity index (χ4n) is 2.45. The summed E-state index contributed by atoms with van der Waals surface area (Å²) in [6, 6.07) is 15.3. The number of aromatic nitrogens is 1. The highest BCUT2D eigenvalue weighted by Crippen LogP contribution is 2.25. The van der Waals surface area contributed by atoms with E-state index in [4.69, 9.17) is 0 Å². The van der Waals surface area contributed by atoms with E-state index in [-0.39, 0.29) is 11.5 Å². The van der Waals surface area contributed by atoms with Gasteiger partial charge in [0.05, 0.1) is 6.04 Å². The van der Waals surface area contributed by atoms with Gasteiger partial charge in [0.2, 0.25) is 0 Å². The zero-order chi connectivity index (χ0) is 14.8. The molecule has 2 aliphatic rings. The number of allylic oxidation sites excluding steroid dienone is 1. The average molecular weight is 340 g/mol. The molecule has 0 spiro atoms. The summed E-state index contributed by atoms with van der Waals surface area (Å²) in [5.74, 6) is 0. The summed E-state index contributed by atoms with van der Waals surface area (Å²) in [7, 11) is 0. The van der Waals surface area contributed by atoms with Gasteiger partial charge in [0.25, 0.3) is 0 Å². The van der Waals surface area contributed by atoms with Gasteiger partial charge < -0.3 is 4.57 Å². The molecule has 2 nitrogen and oxygen atoms in total. The third-order valence-corrected chi connectivity index (χ3v) is 4.06. The maximum Gasteiger partial charge on any atom is 0.179 e. The molecule has 21 heavy (non-hydrogen) atoms. The lowest BCUT2D eigenvalue weighted by Crippen LogP contribution is -2.09. The Kier molecular flexibility index (Phi) is 3.76. The fourth-order valence-corrected chi connectivity index (χ4v) is 2.71. The van der Waals surface area contributed by atoms with E-state index in [2.05, 4.69) is 39.2 Å². The van der Waals surface area contributed by atoms with Crippen molar-refractivity contribution in [1.29, 1.82) is 0 Å². The molecule has 0 fully saturated rings. The molecule has 1 unspecified atom stereocenters. The molecular weight excluding hydrogens is 326 g/mol. The molecule has 0 amide bonds. The van der Waals surface area contributed by atoms with Crippen LogP contribution >= 0.6 is 15.9 Å². The van der Waals surface area contributed by atoms with Crippen molar-refractivity contribution in [2.24, 2.45) is 0 Å². The highest BCUT2D eigenvalue weighted by atomic mass is 79.9. The van der Waals surface area contributed by atoms with Crippen LogP contribution in [0.3, 0.4) is 0 Å². The monoisotopic (exact) mass is 339 g/mol. The molecule has 0 N–H and O–H groups in total. The number of pyridine rings is 1. The van der Waals surface area contributed by atoms with E-state index in [1.54, 1.807) is 12.1 Å². The predicted molar refractivity (Wildman–Crippen MR) is 89.8 cm³/mol. The molecule has 1 aliphatic carbocycles. The fraction of sp³-hybridized carbons (Fsp3) is 0.0556. The average Bonchev–Trinajstić information content (AvgIpc) is 2.50. The summed E-state index contributed by atoms with van der Waals surface area (Å²) in [5, 5.41) is 0. The molecule has 1 aromatic carbocycles. The van der Waals surface area contributed by atoms with Crippen molar-refractivity contribution in [2.75, 3.05) is 0 Å². The number of halogens is 1. The van der Waals surface area contributed by atoms with Crippen LogP contribution in [0.5, 0.6) is 0 Å². The van der Waals surface area contributed by atoms with E-state index in [1.807, 2.05) is 42.7 Å². The first-order valence-electron chi connectivity index (χ1n) is 6.67. The second-order valence-electron chi connectivity index (χ2n) is 4.91. The molecule has 1 atom stereocenters. The highest BCUT2D eigenvalue weighted by Gasteiger charge is 2.10. The summed E-state index contributed by atoms with van der Waals surface area (Å²) in [5.41, 5.74) is 3.20. The van der Waals surface area contributed by atoms with Gasteiger partial charge in [-0.1, -0.05) is 34.1 Å². The van der Waals surface area contributed by atoms with Crippen LogP contribution in [0.25, 0.3) is 11.1 Å². The van der Waals surface area contributed by atoms with Gasteiger partial charge in [0, 0.05) is 16.9 Å². The van der Waals surface area contributed by atoms with E-state index in [0.29, 0.717) is 0 Å². The predicted octanol–water partition coefficient (Wildman–Crippen LogP) is 4.49. The molecule has 1 heterocycles. The number of nitrogens with zero attached hydrogens (tertiary/aromatic N) is 1. The Morgan fingerprint density at radius 3 is 2.52 bits per heavy atom. The van der Waals surface area contributed by atoms with Crippen LogP contribution < -0.4 is 5.43 Å². The van der Waals surface area contributed by atoms with Crippen molar-refractivity contribution < 1.29 is 0 Å². The lowest BCUT2D eigenvalue weighted by molar-refractivity contribution is 0.696. The van der Waals surface area contributed by atoms with E-state index in [0.717, 1.165) is 21.2 Å². The molecule has 0 aromatic heterocycles. The van der Waals surface area contributed by atoms with E-state index in [9.17, 15) is 4.79 Å². The van der Waals surface area contributed by atoms with Crippen LogP contribution in [0.2, 0.25) is 0 Å². The molecule has 0 saturated carbocycles. The summed E-state index contributed by atoms with van der Waals surface area (Å²) in [6.07, 6.45) is 5.94. The second-order valence-corrected chi connectivity index (χ2v) is 5.83. The molecule has 0 radical (unpaired) electrons. The van der Waals surface area contributed by atoms with Crippen LogP contribution in [0.15, 0.2) is 82.8 Å². The van der Waals surface area contributed by atoms with Gasteiger partial charge in [-0.15, -0.1) is 6.58 Å². The van der Waals surface area contributed by atoms with Gasteiger partial charge in [-0.25, -0.2) is 0 Å². The Bertz CT molecular complexity index is 804. The minimum Gasteiger partial charge on any atom is -0.343 e. The van der Waals surface area contributed by atoms with Crippen LogP contribution in [0.4, 0.5) is 0 Å². The lowest BCUT2D eigenvalue weighted by Gasteiger charge is -2.19. The Morgan fingerprint density at radius 1 is 1.05 bits per heavy atom. The van der Waals surface area contributed by atoms with Crippen molar-refractivity contribution in [3.8, 4) is 11.1 Å². The van der Waals surface area contributed by atoms with Gasteiger partial charge >= 0.3 is 0 Å². The molecule has 3 heteroatoms. The maximum absolute atomic E-state index is 11.4. The molecule has 1 aromatic rings. The Hall–Kier alpha value is -2.13. The van der Waals surface area contributed by atoms with Gasteiger partial charge in [-0.3, -0.25) is 4.79 Å². The third kappa shape index (κ3) is 2.83. The molecule has 1 aliphatic heterocycles. The largest absolute Gasteiger partial charge is 0.343 e. The highest BCUT2D eigenvalue weighted by molar-refractivity contribution is 9.10. The summed E-state index contributed by atoms with van der Waals surface area (Å²) < 4.78 is 3.16. The molecular formula is C18H14BrNO. The smallest absolute Gasteiger partial charge is 0.179 e. The topological polar surface area (TPSA) is 22.0 Å².